The Bertz CT molecular complexity index is 2130. The fraction of sp³-hybridized carbons (Fsp3) is 0. The van der Waals surface area contributed by atoms with Crippen LogP contribution < -0.4 is 0 Å². The molecule has 0 aliphatic heterocycles. The molecule has 4 nitrogen and oxygen atoms in total. The summed E-state index contributed by atoms with van der Waals surface area (Å²) in [6.07, 6.45) is 0. The maximum absolute atomic E-state index is 6.55. The van der Waals surface area contributed by atoms with Crippen LogP contribution >= 0.6 is 0 Å². The highest BCUT2D eigenvalue weighted by atomic mass is 16.3. The molecule has 0 amide bonds. The molecule has 192 valence electrons. The van der Waals surface area contributed by atoms with Gasteiger partial charge in [0.25, 0.3) is 0 Å². The Balaban J connectivity index is 1.46. The number of fused-ring (bicyclic) bond motifs is 5. The first-order valence-electron chi connectivity index (χ1n) is 13.6. The highest BCUT2D eigenvalue weighted by Crippen LogP contribution is 2.42. The second-order valence-corrected chi connectivity index (χ2v) is 10.0. The molecule has 0 aliphatic rings. The molecule has 8 rings (SSSR count). The largest absolute Gasteiger partial charge is 0.455 e. The summed E-state index contributed by atoms with van der Waals surface area (Å²) in [6, 6.07) is 47.4. The Morgan fingerprint density at radius 1 is 0.390 bits per heavy atom. The minimum atomic E-state index is 0.627. The number of rotatable bonds is 4. The Morgan fingerprint density at radius 2 is 0.927 bits per heavy atom. The van der Waals surface area contributed by atoms with E-state index in [1.165, 1.54) is 0 Å². The average Bonchev–Trinajstić information content (AvgIpc) is 3.44. The zero-order chi connectivity index (χ0) is 27.2. The summed E-state index contributed by atoms with van der Waals surface area (Å²) >= 11 is 0. The normalized spacial score (nSPS) is 11.4. The second-order valence-electron chi connectivity index (χ2n) is 10.0. The van der Waals surface area contributed by atoms with E-state index in [0.29, 0.717) is 17.5 Å². The van der Waals surface area contributed by atoms with Crippen molar-refractivity contribution in [3.8, 4) is 45.3 Å². The van der Waals surface area contributed by atoms with Crippen LogP contribution in [0.4, 0.5) is 0 Å². The molecule has 0 spiro atoms. The minimum absolute atomic E-state index is 0.627. The lowest BCUT2D eigenvalue weighted by atomic mass is 9.96. The molecule has 0 saturated heterocycles. The summed E-state index contributed by atoms with van der Waals surface area (Å²) in [5, 5.41) is 4.18. The van der Waals surface area contributed by atoms with Crippen molar-refractivity contribution in [2.24, 2.45) is 0 Å². The van der Waals surface area contributed by atoms with Crippen LogP contribution in [0.25, 0.3) is 78.0 Å². The maximum atomic E-state index is 6.55. The number of hydrogen-bond donors (Lipinski definition) is 0. The van der Waals surface area contributed by atoms with Gasteiger partial charge in [-0.25, -0.2) is 15.0 Å². The number of furan rings is 1. The fourth-order valence-corrected chi connectivity index (χ4v) is 5.62. The van der Waals surface area contributed by atoms with Crippen LogP contribution in [-0.2, 0) is 0 Å². The van der Waals surface area contributed by atoms with Gasteiger partial charge in [-0.05, 0) is 28.6 Å². The van der Waals surface area contributed by atoms with Crippen LogP contribution in [0, 0.1) is 0 Å². The van der Waals surface area contributed by atoms with Crippen molar-refractivity contribution >= 4 is 32.7 Å². The third-order valence-electron chi connectivity index (χ3n) is 7.53. The van der Waals surface area contributed by atoms with Gasteiger partial charge in [0, 0.05) is 32.8 Å². The first-order valence-corrected chi connectivity index (χ1v) is 13.6. The van der Waals surface area contributed by atoms with Crippen molar-refractivity contribution in [2.75, 3.05) is 0 Å². The van der Waals surface area contributed by atoms with E-state index in [2.05, 4.69) is 60.7 Å². The number of benzene rings is 6. The molecular formula is C37H23N3O. The van der Waals surface area contributed by atoms with Crippen LogP contribution in [0.3, 0.4) is 0 Å². The Hall–Kier alpha value is -5.61. The zero-order valence-corrected chi connectivity index (χ0v) is 22.0. The predicted octanol–water partition coefficient (Wildman–Crippen LogP) is 9.59. The molecular weight excluding hydrogens is 502 g/mol. The zero-order valence-electron chi connectivity index (χ0n) is 22.0. The van der Waals surface area contributed by atoms with Gasteiger partial charge >= 0.3 is 0 Å². The number of aromatic nitrogens is 3. The first-order chi connectivity index (χ1) is 20.3. The lowest BCUT2D eigenvalue weighted by Crippen LogP contribution is -2.00. The van der Waals surface area contributed by atoms with E-state index < -0.39 is 0 Å². The van der Waals surface area contributed by atoms with Gasteiger partial charge in [0.15, 0.2) is 17.5 Å². The highest BCUT2D eigenvalue weighted by Gasteiger charge is 2.20. The van der Waals surface area contributed by atoms with Gasteiger partial charge in [0.1, 0.15) is 11.2 Å². The molecule has 0 atom stereocenters. The smallest absolute Gasteiger partial charge is 0.164 e. The molecule has 6 aromatic carbocycles. The summed E-state index contributed by atoms with van der Waals surface area (Å²) in [4.78, 5) is 15.0. The molecule has 41 heavy (non-hydrogen) atoms. The van der Waals surface area contributed by atoms with Crippen molar-refractivity contribution < 1.29 is 4.42 Å². The van der Waals surface area contributed by atoms with Crippen LogP contribution in [-0.4, -0.2) is 15.0 Å². The molecule has 0 unspecified atom stereocenters. The summed E-state index contributed by atoms with van der Waals surface area (Å²) in [5.41, 5.74) is 6.83. The van der Waals surface area contributed by atoms with E-state index in [1.807, 2.05) is 78.9 Å². The van der Waals surface area contributed by atoms with Gasteiger partial charge in [0.05, 0.1) is 0 Å². The number of nitrogens with zero attached hydrogens (tertiary/aromatic N) is 3. The van der Waals surface area contributed by atoms with E-state index in [-0.39, 0.29) is 0 Å². The third-order valence-corrected chi connectivity index (χ3v) is 7.53. The number of hydrogen-bond acceptors (Lipinski definition) is 4. The van der Waals surface area contributed by atoms with E-state index in [0.717, 1.165) is 60.5 Å². The van der Waals surface area contributed by atoms with E-state index in [4.69, 9.17) is 19.4 Å². The molecule has 0 N–H and O–H groups in total. The lowest BCUT2D eigenvalue weighted by molar-refractivity contribution is 0.673. The molecule has 0 bridgehead atoms. The van der Waals surface area contributed by atoms with Gasteiger partial charge in [-0.2, -0.15) is 0 Å². The van der Waals surface area contributed by atoms with E-state index in [1.54, 1.807) is 0 Å². The van der Waals surface area contributed by atoms with Crippen LogP contribution in [0.5, 0.6) is 0 Å². The van der Waals surface area contributed by atoms with Crippen LogP contribution in [0.1, 0.15) is 0 Å². The van der Waals surface area contributed by atoms with E-state index in [9.17, 15) is 0 Å². The van der Waals surface area contributed by atoms with Crippen molar-refractivity contribution in [3.05, 3.63) is 140 Å². The van der Waals surface area contributed by atoms with Gasteiger partial charge < -0.3 is 4.42 Å². The van der Waals surface area contributed by atoms with Crippen molar-refractivity contribution in [3.63, 3.8) is 0 Å². The molecule has 8 aromatic rings. The summed E-state index contributed by atoms with van der Waals surface area (Å²) < 4.78 is 6.55. The summed E-state index contributed by atoms with van der Waals surface area (Å²) in [7, 11) is 0. The monoisotopic (exact) mass is 525 g/mol. The quantitative estimate of drug-likeness (QED) is 0.230. The molecule has 0 aliphatic carbocycles. The summed E-state index contributed by atoms with van der Waals surface area (Å²) in [6.45, 7) is 0. The Labute approximate surface area is 236 Å². The average molecular weight is 526 g/mol. The van der Waals surface area contributed by atoms with Gasteiger partial charge in [0.2, 0.25) is 0 Å². The second kappa shape index (κ2) is 9.54. The van der Waals surface area contributed by atoms with Crippen molar-refractivity contribution in [2.45, 2.75) is 0 Å². The first kappa shape index (κ1) is 23.3. The SMILES string of the molecule is c1ccc(-c2nc(-c3ccccc3)nc(-c3cc4c(oc5cccc(-c6ccccc6)c54)c4ccccc34)n2)cc1. The Kier molecular flexibility index (Phi) is 5.42. The van der Waals surface area contributed by atoms with Gasteiger partial charge in [-0.3, -0.25) is 0 Å². The van der Waals surface area contributed by atoms with Crippen molar-refractivity contribution in [1.82, 2.24) is 15.0 Å². The van der Waals surface area contributed by atoms with Crippen LogP contribution in [0.2, 0.25) is 0 Å². The lowest BCUT2D eigenvalue weighted by Gasteiger charge is -2.11. The molecule has 4 heteroatoms. The molecule has 0 radical (unpaired) electrons. The summed E-state index contributed by atoms with van der Waals surface area (Å²) in [5.74, 6) is 1.91. The molecule has 0 fully saturated rings. The van der Waals surface area contributed by atoms with Crippen LogP contribution in [0.15, 0.2) is 144 Å². The molecule has 2 heterocycles. The predicted molar refractivity (Wildman–Crippen MR) is 166 cm³/mol. The maximum Gasteiger partial charge on any atom is 0.164 e. The van der Waals surface area contributed by atoms with Gasteiger partial charge in [-0.15, -0.1) is 0 Å². The molecule has 0 saturated carbocycles. The highest BCUT2D eigenvalue weighted by molar-refractivity contribution is 6.21. The standard InChI is InChI=1S/C37H23N3O/c1-4-13-24(14-5-1)27-21-12-22-32-33(27)31-23-30(28-19-10-11-20-29(28)34(31)41-32)37-39-35(25-15-6-2-7-16-25)38-36(40-37)26-17-8-3-9-18-26/h1-23H. The van der Waals surface area contributed by atoms with Gasteiger partial charge in [-0.1, -0.05) is 127 Å². The molecule has 2 aromatic heterocycles. The van der Waals surface area contributed by atoms with E-state index >= 15 is 0 Å². The Morgan fingerprint density at radius 3 is 1.56 bits per heavy atom. The third kappa shape index (κ3) is 3.97. The van der Waals surface area contributed by atoms with Crippen molar-refractivity contribution in [1.29, 1.82) is 0 Å². The fourth-order valence-electron chi connectivity index (χ4n) is 5.62. The minimum Gasteiger partial charge on any atom is -0.455 e. The topological polar surface area (TPSA) is 51.8 Å².